The Bertz CT molecular complexity index is 1220. The van der Waals surface area contributed by atoms with Gasteiger partial charge in [-0.15, -0.1) is 0 Å². The van der Waals surface area contributed by atoms with Gasteiger partial charge in [0.05, 0.1) is 10.9 Å². The third-order valence-electron chi connectivity index (χ3n) is 6.18. The molecule has 3 aromatic rings. The number of halogens is 1. The quantitative estimate of drug-likeness (QED) is 0.704. The van der Waals surface area contributed by atoms with E-state index >= 15 is 0 Å². The number of nitrogens with zero attached hydrogens (tertiary/aromatic N) is 2. The normalized spacial score (nSPS) is 15.4. The molecule has 4 rings (SSSR count). The van der Waals surface area contributed by atoms with Crippen molar-refractivity contribution < 1.29 is 9.18 Å². The van der Waals surface area contributed by atoms with Crippen LogP contribution in [0.1, 0.15) is 31.2 Å². The maximum absolute atomic E-state index is 13.8. The van der Waals surface area contributed by atoms with Crippen LogP contribution >= 0.6 is 0 Å². The van der Waals surface area contributed by atoms with E-state index in [1.807, 2.05) is 6.07 Å². The summed E-state index contributed by atoms with van der Waals surface area (Å²) in [7, 11) is 1.58. The number of hydrogen-bond donors (Lipinski definition) is 1. The molecule has 0 atom stereocenters. The van der Waals surface area contributed by atoms with E-state index in [4.69, 9.17) is 0 Å². The number of rotatable bonds is 5. The zero-order valence-electron chi connectivity index (χ0n) is 16.9. The molecule has 1 fully saturated rings. The van der Waals surface area contributed by atoms with Crippen LogP contribution in [-0.4, -0.2) is 21.6 Å². The first kappa shape index (κ1) is 20.1. The Kier molecular flexibility index (Phi) is 5.28. The Morgan fingerprint density at radius 1 is 1.10 bits per heavy atom. The molecule has 1 aliphatic carbocycles. The fourth-order valence-electron chi connectivity index (χ4n) is 4.51. The summed E-state index contributed by atoms with van der Waals surface area (Å²) in [5, 5.41) is 3.27. The highest BCUT2D eigenvalue weighted by molar-refractivity contribution is 5.79. The number of fused-ring (bicyclic) bond motifs is 1. The van der Waals surface area contributed by atoms with Gasteiger partial charge in [0.1, 0.15) is 12.4 Å². The van der Waals surface area contributed by atoms with Crippen LogP contribution in [-0.2, 0) is 23.8 Å². The van der Waals surface area contributed by atoms with Crippen LogP contribution in [0.25, 0.3) is 10.9 Å². The summed E-state index contributed by atoms with van der Waals surface area (Å²) in [5.41, 5.74) is 0.0650. The van der Waals surface area contributed by atoms with Gasteiger partial charge < -0.3 is 5.32 Å². The summed E-state index contributed by atoms with van der Waals surface area (Å²) in [5.74, 6) is -0.705. The van der Waals surface area contributed by atoms with Crippen LogP contribution in [0.15, 0.2) is 58.1 Å². The monoisotopic (exact) mass is 409 g/mol. The van der Waals surface area contributed by atoms with Gasteiger partial charge in [-0.25, -0.2) is 9.18 Å². The number of aromatic nitrogens is 2. The molecule has 1 aromatic heterocycles. The predicted molar refractivity (Wildman–Crippen MR) is 113 cm³/mol. The smallest absolute Gasteiger partial charge is 0.331 e. The zero-order chi connectivity index (χ0) is 21.3. The van der Waals surface area contributed by atoms with Crippen molar-refractivity contribution in [1.82, 2.24) is 14.5 Å². The topological polar surface area (TPSA) is 73.1 Å². The van der Waals surface area contributed by atoms with Gasteiger partial charge in [-0.2, -0.15) is 0 Å². The fraction of sp³-hybridized carbons (Fsp3) is 0.348. The fourth-order valence-corrected chi connectivity index (χ4v) is 4.51. The standard InChI is InChI=1S/C23H24FN3O3/c1-26-19-10-3-2-9-18(19)21(29)27(22(26)30)14-20(28)25-15-23(11-4-5-12-23)16-7-6-8-17(24)13-16/h2-3,6-10,13H,4-5,11-12,14-15H2,1H3,(H,25,28). The number of aryl methyl sites for hydroxylation is 1. The minimum atomic E-state index is -0.533. The molecule has 1 N–H and O–H groups in total. The van der Waals surface area contributed by atoms with E-state index in [1.165, 1.54) is 16.7 Å². The predicted octanol–water partition coefficient (Wildman–Crippen LogP) is 2.47. The third-order valence-corrected chi connectivity index (χ3v) is 6.18. The Labute approximate surface area is 173 Å². The molecule has 7 heteroatoms. The van der Waals surface area contributed by atoms with Gasteiger partial charge in [-0.05, 0) is 42.7 Å². The minimum absolute atomic E-state index is 0.295. The summed E-state index contributed by atoms with van der Waals surface area (Å²) in [6, 6.07) is 13.3. The van der Waals surface area contributed by atoms with Crippen molar-refractivity contribution in [3.8, 4) is 0 Å². The van der Waals surface area contributed by atoms with Crippen molar-refractivity contribution in [1.29, 1.82) is 0 Å². The molecule has 0 radical (unpaired) electrons. The van der Waals surface area contributed by atoms with Crippen LogP contribution in [0.4, 0.5) is 4.39 Å². The van der Waals surface area contributed by atoms with E-state index in [1.54, 1.807) is 37.4 Å². The maximum Gasteiger partial charge on any atom is 0.331 e. The van der Waals surface area contributed by atoms with Crippen LogP contribution in [0.2, 0.25) is 0 Å². The van der Waals surface area contributed by atoms with E-state index in [2.05, 4.69) is 5.32 Å². The number of para-hydroxylation sites is 1. The van der Waals surface area contributed by atoms with E-state index in [-0.39, 0.29) is 17.8 Å². The van der Waals surface area contributed by atoms with Gasteiger partial charge in [0.15, 0.2) is 0 Å². The number of carbonyl (C=O) groups is 1. The molecule has 6 nitrogen and oxygen atoms in total. The van der Waals surface area contributed by atoms with E-state index in [0.717, 1.165) is 35.8 Å². The first-order chi connectivity index (χ1) is 14.4. The van der Waals surface area contributed by atoms with E-state index in [9.17, 15) is 18.8 Å². The van der Waals surface area contributed by atoms with Gasteiger partial charge >= 0.3 is 5.69 Å². The van der Waals surface area contributed by atoms with Crippen molar-refractivity contribution in [2.24, 2.45) is 7.05 Å². The Morgan fingerprint density at radius 3 is 2.57 bits per heavy atom. The van der Waals surface area contributed by atoms with Crippen molar-refractivity contribution in [2.75, 3.05) is 6.54 Å². The van der Waals surface area contributed by atoms with E-state index in [0.29, 0.717) is 17.4 Å². The molecule has 0 saturated heterocycles. The lowest BCUT2D eigenvalue weighted by Gasteiger charge is -2.30. The maximum atomic E-state index is 13.8. The van der Waals surface area contributed by atoms with Crippen molar-refractivity contribution in [2.45, 2.75) is 37.6 Å². The average molecular weight is 409 g/mol. The molecular formula is C23H24FN3O3. The third kappa shape index (κ3) is 3.56. The molecule has 1 amide bonds. The first-order valence-electron chi connectivity index (χ1n) is 10.1. The number of carbonyl (C=O) groups excluding carboxylic acids is 1. The van der Waals surface area contributed by atoms with Gasteiger partial charge in [-0.3, -0.25) is 18.7 Å². The Balaban J connectivity index is 1.57. The zero-order valence-corrected chi connectivity index (χ0v) is 16.9. The van der Waals surface area contributed by atoms with Crippen LogP contribution in [0, 0.1) is 5.82 Å². The molecular weight excluding hydrogens is 385 g/mol. The summed E-state index contributed by atoms with van der Waals surface area (Å²) < 4.78 is 16.1. The average Bonchev–Trinajstić information content (AvgIpc) is 3.24. The Hall–Kier alpha value is -3.22. The summed E-state index contributed by atoms with van der Waals surface area (Å²) in [6.45, 7) is -0.00644. The second kappa shape index (κ2) is 7.89. The highest BCUT2D eigenvalue weighted by Crippen LogP contribution is 2.40. The molecule has 0 unspecified atom stereocenters. The molecule has 1 heterocycles. The number of benzene rings is 2. The SMILES string of the molecule is Cn1c(=O)n(CC(=O)NCC2(c3cccc(F)c3)CCCC2)c(=O)c2ccccc21. The van der Waals surface area contributed by atoms with Gasteiger partial charge in [0.2, 0.25) is 5.91 Å². The second-order valence-corrected chi connectivity index (χ2v) is 8.02. The van der Waals surface area contributed by atoms with E-state index < -0.39 is 17.2 Å². The number of nitrogens with one attached hydrogen (secondary N) is 1. The molecule has 0 bridgehead atoms. The van der Waals surface area contributed by atoms with Crippen LogP contribution in [0.5, 0.6) is 0 Å². The van der Waals surface area contributed by atoms with Crippen LogP contribution in [0.3, 0.4) is 0 Å². The largest absolute Gasteiger partial charge is 0.354 e. The highest BCUT2D eigenvalue weighted by atomic mass is 19.1. The molecule has 1 aliphatic rings. The molecule has 0 aliphatic heterocycles. The van der Waals surface area contributed by atoms with Crippen molar-refractivity contribution >= 4 is 16.8 Å². The lowest BCUT2D eigenvalue weighted by Crippen LogP contribution is -2.45. The number of amides is 1. The van der Waals surface area contributed by atoms with Crippen molar-refractivity contribution in [3.63, 3.8) is 0 Å². The first-order valence-corrected chi connectivity index (χ1v) is 10.1. The van der Waals surface area contributed by atoms with Gasteiger partial charge in [0.25, 0.3) is 5.56 Å². The molecule has 1 saturated carbocycles. The minimum Gasteiger partial charge on any atom is -0.354 e. The summed E-state index contributed by atoms with van der Waals surface area (Å²) in [6.07, 6.45) is 3.73. The summed E-state index contributed by atoms with van der Waals surface area (Å²) >= 11 is 0. The molecule has 0 spiro atoms. The lowest BCUT2D eigenvalue weighted by atomic mass is 9.78. The van der Waals surface area contributed by atoms with Gasteiger partial charge in [-0.1, -0.05) is 37.1 Å². The number of hydrogen-bond acceptors (Lipinski definition) is 3. The molecule has 2 aromatic carbocycles. The Morgan fingerprint density at radius 2 is 1.83 bits per heavy atom. The highest BCUT2D eigenvalue weighted by Gasteiger charge is 2.36. The molecule has 156 valence electrons. The van der Waals surface area contributed by atoms with Gasteiger partial charge in [0, 0.05) is 19.0 Å². The lowest BCUT2D eigenvalue weighted by molar-refractivity contribution is -0.122. The molecule has 30 heavy (non-hydrogen) atoms. The second-order valence-electron chi connectivity index (χ2n) is 8.02. The van der Waals surface area contributed by atoms with Crippen molar-refractivity contribution in [3.05, 3.63) is 80.7 Å². The summed E-state index contributed by atoms with van der Waals surface area (Å²) in [4.78, 5) is 38.0. The van der Waals surface area contributed by atoms with Crippen LogP contribution < -0.4 is 16.6 Å².